The highest BCUT2D eigenvalue weighted by atomic mass is 79.9. The van der Waals surface area contributed by atoms with E-state index < -0.39 is 44.8 Å². The van der Waals surface area contributed by atoms with Crippen molar-refractivity contribution in [2.75, 3.05) is 0 Å². The summed E-state index contributed by atoms with van der Waals surface area (Å²) < 4.78 is 66.7. The minimum atomic E-state index is -5.04. The molecule has 3 nitrogen and oxygen atoms in total. The molecule has 0 saturated heterocycles. The number of nitrogens with one attached hydrogen (secondary N) is 1. The molecule has 24 heavy (non-hydrogen) atoms. The molecule has 0 spiro atoms. The van der Waals surface area contributed by atoms with Crippen LogP contribution in [0, 0.1) is 11.6 Å². The van der Waals surface area contributed by atoms with Crippen molar-refractivity contribution < 1.29 is 22.0 Å². The molecule has 0 unspecified atom stereocenters. The third-order valence-corrected chi connectivity index (χ3v) is 3.89. The topological polar surface area (TPSA) is 45.8 Å². The molecule has 0 aliphatic heterocycles. The minimum absolute atomic E-state index is 0.101. The number of hydrogen-bond acceptors (Lipinski definition) is 2. The van der Waals surface area contributed by atoms with Gasteiger partial charge in [0, 0.05) is 0 Å². The van der Waals surface area contributed by atoms with E-state index in [9.17, 15) is 26.7 Å². The molecule has 0 radical (unpaired) electrons. The number of halogens is 6. The van der Waals surface area contributed by atoms with Crippen molar-refractivity contribution in [3.05, 3.63) is 62.4 Å². The van der Waals surface area contributed by atoms with Crippen molar-refractivity contribution in [3.63, 3.8) is 0 Å². The van der Waals surface area contributed by atoms with Crippen molar-refractivity contribution in [3.8, 4) is 11.4 Å². The van der Waals surface area contributed by atoms with E-state index in [4.69, 9.17) is 0 Å². The Morgan fingerprint density at radius 2 is 1.75 bits per heavy atom. The third kappa shape index (κ3) is 2.68. The molecule has 0 saturated carbocycles. The molecule has 0 atom stereocenters. The molecule has 3 rings (SSSR count). The summed E-state index contributed by atoms with van der Waals surface area (Å²) in [5, 5.41) is 0.146. The van der Waals surface area contributed by atoms with Crippen molar-refractivity contribution in [1.29, 1.82) is 0 Å². The minimum Gasteiger partial charge on any atom is -0.306 e. The van der Waals surface area contributed by atoms with Crippen molar-refractivity contribution in [2.45, 2.75) is 6.18 Å². The van der Waals surface area contributed by atoms with Crippen LogP contribution in [-0.4, -0.2) is 9.97 Å². The van der Waals surface area contributed by atoms with Crippen LogP contribution in [0.25, 0.3) is 22.3 Å². The van der Waals surface area contributed by atoms with E-state index in [0.29, 0.717) is 6.07 Å². The van der Waals surface area contributed by atoms with Gasteiger partial charge in [-0.1, -0.05) is 12.1 Å². The molecule has 3 aromatic rings. The lowest BCUT2D eigenvalue weighted by molar-refractivity contribution is -0.140. The van der Waals surface area contributed by atoms with Gasteiger partial charge in [0.05, 0.1) is 26.5 Å². The van der Waals surface area contributed by atoms with Crippen LogP contribution in [0.2, 0.25) is 0 Å². The van der Waals surface area contributed by atoms with E-state index in [-0.39, 0.29) is 10.9 Å². The Morgan fingerprint density at radius 1 is 1.08 bits per heavy atom. The first kappa shape index (κ1) is 16.6. The highest BCUT2D eigenvalue weighted by molar-refractivity contribution is 9.10. The SMILES string of the molecule is O=c1[nH]c(-c2c(F)c(Br)cc(C(F)(F)F)c2F)nc2ccccc12. The lowest BCUT2D eigenvalue weighted by Crippen LogP contribution is -2.14. The normalized spacial score (nSPS) is 11.9. The number of H-pyrrole nitrogens is 1. The summed E-state index contributed by atoms with van der Waals surface area (Å²) in [7, 11) is 0. The third-order valence-electron chi connectivity index (χ3n) is 3.31. The fourth-order valence-electron chi connectivity index (χ4n) is 2.22. The maximum Gasteiger partial charge on any atom is 0.419 e. The molecule has 0 amide bonds. The van der Waals surface area contributed by atoms with Gasteiger partial charge >= 0.3 is 6.18 Å². The predicted octanol–water partition coefficient (Wildman–Crippen LogP) is 4.65. The largest absolute Gasteiger partial charge is 0.419 e. The zero-order valence-corrected chi connectivity index (χ0v) is 13.1. The van der Waals surface area contributed by atoms with E-state index in [0.717, 1.165) is 0 Å². The lowest BCUT2D eigenvalue weighted by atomic mass is 10.1. The number of nitrogens with zero attached hydrogens (tertiary/aromatic N) is 1. The molecular formula is C15H6BrF5N2O. The molecule has 0 bridgehead atoms. The molecule has 0 fully saturated rings. The molecule has 2 aromatic carbocycles. The second kappa shape index (κ2) is 5.66. The number of aromatic amines is 1. The van der Waals surface area contributed by atoms with Crippen LogP contribution in [-0.2, 0) is 6.18 Å². The monoisotopic (exact) mass is 404 g/mol. The molecule has 1 heterocycles. The summed E-state index contributed by atoms with van der Waals surface area (Å²) in [5.74, 6) is -3.76. The van der Waals surface area contributed by atoms with Crippen LogP contribution in [0.4, 0.5) is 22.0 Å². The molecule has 9 heteroatoms. The van der Waals surface area contributed by atoms with Crippen LogP contribution in [0.3, 0.4) is 0 Å². The molecule has 0 aliphatic rings. The Bertz CT molecular complexity index is 1010. The number of benzene rings is 2. The van der Waals surface area contributed by atoms with E-state index in [1.54, 1.807) is 6.07 Å². The van der Waals surface area contributed by atoms with Gasteiger partial charge in [-0.3, -0.25) is 4.79 Å². The Kier molecular flexibility index (Phi) is 3.90. The van der Waals surface area contributed by atoms with Crippen LogP contribution in [0.5, 0.6) is 0 Å². The lowest BCUT2D eigenvalue weighted by Gasteiger charge is -2.13. The summed E-state index contributed by atoms with van der Waals surface area (Å²) in [6, 6.07) is 6.23. The highest BCUT2D eigenvalue weighted by Crippen LogP contribution is 2.39. The number of alkyl halides is 3. The summed E-state index contributed by atoms with van der Waals surface area (Å²) in [5.41, 5.74) is -3.34. The zero-order chi connectivity index (χ0) is 17.6. The summed E-state index contributed by atoms with van der Waals surface area (Å²) in [6.07, 6.45) is -5.04. The van der Waals surface area contributed by atoms with Gasteiger partial charge in [-0.2, -0.15) is 13.2 Å². The van der Waals surface area contributed by atoms with Crippen LogP contribution in [0.15, 0.2) is 39.6 Å². The second-order valence-electron chi connectivity index (χ2n) is 4.84. The van der Waals surface area contributed by atoms with E-state index >= 15 is 0 Å². The number of hydrogen-bond donors (Lipinski definition) is 1. The summed E-state index contributed by atoms with van der Waals surface area (Å²) in [6.45, 7) is 0. The highest BCUT2D eigenvalue weighted by Gasteiger charge is 2.37. The van der Waals surface area contributed by atoms with Gasteiger partial charge in [-0.25, -0.2) is 13.8 Å². The molecule has 1 aromatic heterocycles. The van der Waals surface area contributed by atoms with Gasteiger partial charge in [-0.15, -0.1) is 0 Å². The Labute approximate surface area is 139 Å². The number of rotatable bonds is 1. The quantitative estimate of drug-likeness (QED) is 0.474. The number of aromatic nitrogens is 2. The van der Waals surface area contributed by atoms with Crippen molar-refractivity contribution in [1.82, 2.24) is 9.97 Å². The van der Waals surface area contributed by atoms with Crippen LogP contribution >= 0.6 is 15.9 Å². The Morgan fingerprint density at radius 3 is 2.42 bits per heavy atom. The van der Waals surface area contributed by atoms with Gasteiger partial charge < -0.3 is 4.98 Å². The van der Waals surface area contributed by atoms with Crippen molar-refractivity contribution in [2.24, 2.45) is 0 Å². The summed E-state index contributed by atoms with van der Waals surface area (Å²) >= 11 is 2.63. The van der Waals surface area contributed by atoms with Crippen LogP contribution < -0.4 is 5.56 Å². The first-order valence-corrected chi connectivity index (χ1v) is 7.23. The molecule has 124 valence electrons. The van der Waals surface area contributed by atoms with Gasteiger partial charge in [0.1, 0.15) is 11.6 Å². The van der Waals surface area contributed by atoms with E-state index in [2.05, 4.69) is 25.9 Å². The average Bonchev–Trinajstić information content (AvgIpc) is 2.50. The fourth-order valence-corrected chi connectivity index (χ4v) is 2.65. The zero-order valence-electron chi connectivity index (χ0n) is 11.5. The number of fused-ring (bicyclic) bond motifs is 1. The van der Waals surface area contributed by atoms with Crippen LogP contribution in [0.1, 0.15) is 5.56 Å². The first-order valence-electron chi connectivity index (χ1n) is 6.44. The van der Waals surface area contributed by atoms with Gasteiger partial charge in [0.25, 0.3) is 5.56 Å². The number of para-hydroxylation sites is 1. The smallest absolute Gasteiger partial charge is 0.306 e. The van der Waals surface area contributed by atoms with Gasteiger partial charge in [-0.05, 0) is 34.1 Å². The van der Waals surface area contributed by atoms with Gasteiger partial charge in [0.15, 0.2) is 5.82 Å². The first-order chi connectivity index (χ1) is 11.2. The molecular weight excluding hydrogens is 399 g/mol. The Hall–Kier alpha value is -2.29. The van der Waals surface area contributed by atoms with E-state index in [1.807, 2.05) is 0 Å². The second-order valence-corrected chi connectivity index (χ2v) is 5.69. The average molecular weight is 405 g/mol. The predicted molar refractivity (Wildman–Crippen MR) is 80.4 cm³/mol. The summed E-state index contributed by atoms with van der Waals surface area (Å²) in [4.78, 5) is 18.0. The maximum atomic E-state index is 14.3. The fraction of sp³-hybridized carbons (Fsp3) is 0.0667. The molecule has 1 N–H and O–H groups in total. The maximum absolute atomic E-state index is 14.3. The Balaban J connectivity index is 2.38. The molecule has 0 aliphatic carbocycles. The standard InChI is InChI=1S/C15H6BrF5N2O/c16-8-5-7(15(19,20)21)11(17)10(12(8)18)13-22-9-4-2-1-3-6(9)14(24)23-13/h1-5H,(H,22,23,24). The van der Waals surface area contributed by atoms with Gasteiger partial charge in [0.2, 0.25) is 0 Å². The van der Waals surface area contributed by atoms with E-state index in [1.165, 1.54) is 18.2 Å². The van der Waals surface area contributed by atoms with Crippen molar-refractivity contribution >= 4 is 26.8 Å².